The van der Waals surface area contributed by atoms with Gasteiger partial charge in [0.2, 0.25) is 5.91 Å². The van der Waals surface area contributed by atoms with Gasteiger partial charge in [0.15, 0.2) is 6.29 Å². The largest absolute Gasteiger partial charge is 0.394 e. The first-order chi connectivity index (χ1) is 22.8. The normalized spacial score (nSPS) is 23.3. The highest BCUT2D eigenvalue weighted by Gasteiger charge is 2.44. The molecule has 0 bridgehead atoms. The lowest BCUT2D eigenvalue weighted by molar-refractivity contribution is -0.302. The van der Waals surface area contributed by atoms with Crippen LogP contribution in [0.3, 0.4) is 0 Å². The summed E-state index contributed by atoms with van der Waals surface area (Å²) >= 11 is 0. The molecule has 0 aromatic rings. The second-order valence-electron chi connectivity index (χ2n) is 13.0. The maximum atomic E-state index is 12.8. The number of ether oxygens (including phenoxy) is 2. The van der Waals surface area contributed by atoms with Crippen molar-refractivity contribution in [2.24, 2.45) is 0 Å². The van der Waals surface area contributed by atoms with E-state index in [1.54, 1.807) is 6.08 Å². The molecular formula is C38H69NO8. The Morgan fingerprint density at radius 1 is 0.702 bits per heavy atom. The minimum Gasteiger partial charge on any atom is -0.394 e. The minimum absolute atomic E-state index is 0.201. The van der Waals surface area contributed by atoms with Crippen molar-refractivity contribution in [3.05, 3.63) is 36.5 Å². The lowest BCUT2D eigenvalue weighted by Crippen LogP contribution is -2.60. The second-order valence-corrected chi connectivity index (χ2v) is 13.0. The van der Waals surface area contributed by atoms with Crippen molar-refractivity contribution in [1.82, 2.24) is 5.32 Å². The lowest BCUT2D eigenvalue weighted by atomic mass is 9.99. The zero-order valence-corrected chi connectivity index (χ0v) is 29.5. The van der Waals surface area contributed by atoms with Crippen LogP contribution >= 0.6 is 0 Å². The van der Waals surface area contributed by atoms with Gasteiger partial charge in [-0.25, -0.2) is 0 Å². The van der Waals surface area contributed by atoms with E-state index in [0.29, 0.717) is 6.42 Å². The van der Waals surface area contributed by atoms with Crippen LogP contribution in [0.25, 0.3) is 0 Å². The first-order valence-electron chi connectivity index (χ1n) is 18.7. The quantitative estimate of drug-likeness (QED) is 0.0411. The van der Waals surface area contributed by atoms with Gasteiger partial charge in [-0.05, 0) is 57.8 Å². The molecular weight excluding hydrogens is 598 g/mol. The summed E-state index contributed by atoms with van der Waals surface area (Å²) in [6, 6.07) is -0.821. The Kier molecular flexibility index (Phi) is 27.1. The molecule has 1 rings (SSSR count). The number of unbranched alkanes of at least 4 members (excludes halogenated alkanes) is 15. The Balaban J connectivity index is 2.46. The van der Waals surface area contributed by atoms with Gasteiger partial charge in [0.1, 0.15) is 24.4 Å². The number of carbonyl (C=O) groups excluding carboxylic acids is 1. The van der Waals surface area contributed by atoms with Crippen molar-refractivity contribution in [1.29, 1.82) is 0 Å². The van der Waals surface area contributed by atoms with Gasteiger partial charge in [-0.1, -0.05) is 115 Å². The van der Waals surface area contributed by atoms with E-state index < -0.39 is 49.5 Å². The molecule has 0 aromatic carbocycles. The van der Waals surface area contributed by atoms with Crippen LogP contribution in [-0.2, 0) is 14.3 Å². The number of nitrogens with one attached hydrogen (secondary N) is 1. The molecule has 0 aromatic heterocycles. The molecule has 1 aliphatic rings. The number of rotatable bonds is 29. The van der Waals surface area contributed by atoms with Crippen LogP contribution in [0.4, 0.5) is 0 Å². The summed E-state index contributed by atoms with van der Waals surface area (Å²) in [6.07, 6.45) is 26.3. The maximum absolute atomic E-state index is 12.8. The van der Waals surface area contributed by atoms with Crippen LogP contribution in [0.2, 0.25) is 0 Å². The molecule has 7 atom stereocenters. The van der Waals surface area contributed by atoms with Gasteiger partial charge in [0.25, 0.3) is 0 Å². The van der Waals surface area contributed by atoms with Crippen molar-refractivity contribution >= 4 is 5.91 Å². The van der Waals surface area contributed by atoms with Gasteiger partial charge < -0.3 is 40.3 Å². The smallest absolute Gasteiger partial charge is 0.220 e. The standard InChI is InChI=1S/C38H69NO8/c1-3-5-7-9-11-13-14-15-16-17-18-20-22-24-26-28-34(42)39-31(32(41)27-25-23-21-19-12-10-8-6-4-2)30-46-38-37(45)36(44)35(43)33(29-40)47-38/h12,15-16,19,25,27,31-33,35-38,40-41,43-45H,3-11,13-14,17-18,20-24,26,28-30H2,1-2H3,(H,39,42)/b16-15+,19-12+,27-25+/t31-,32+,33-,35-,36?,37?,38-/m0/s1. The monoisotopic (exact) mass is 668 g/mol. The first-order valence-corrected chi connectivity index (χ1v) is 18.7. The van der Waals surface area contributed by atoms with Gasteiger partial charge in [-0.2, -0.15) is 0 Å². The van der Waals surface area contributed by atoms with E-state index in [-0.39, 0.29) is 12.5 Å². The van der Waals surface area contributed by atoms with Crippen LogP contribution in [0.5, 0.6) is 0 Å². The Hall–Kier alpha value is -1.59. The predicted molar refractivity (Wildman–Crippen MR) is 189 cm³/mol. The fourth-order valence-electron chi connectivity index (χ4n) is 5.57. The predicted octanol–water partition coefficient (Wildman–Crippen LogP) is 6.16. The molecule has 6 N–H and O–H groups in total. The molecule has 0 aliphatic carbocycles. The molecule has 0 spiro atoms. The van der Waals surface area contributed by atoms with Crippen molar-refractivity contribution in [2.75, 3.05) is 13.2 Å². The Bertz CT molecular complexity index is 833. The van der Waals surface area contributed by atoms with Gasteiger partial charge in [-0.15, -0.1) is 0 Å². The number of allylic oxidation sites excluding steroid dienone is 5. The molecule has 1 fully saturated rings. The zero-order valence-electron chi connectivity index (χ0n) is 29.5. The Labute approximate surface area is 285 Å². The number of aliphatic hydroxyl groups excluding tert-OH is 5. The zero-order chi connectivity index (χ0) is 34.5. The first kappa shape index (κ1) is 43.4. The van der Waals surface area contributed by atoms with Gasteiger partial charge in [-0.3, -0.25) is 4.79 Å². The van der Waals surface area contributed by atoms with Crippen molar-refractivity contribution < 1.29 is 39.8 Å². The molecule has 0 saturated carbocycles. The average molecular weight is 668 g/mol. The third kappa shape index (κ3) is 21.2. The van der Waals surface area contributed by atoms with Crippen molar-refractivity contribution in [3.63, 3.8) is 0 Å². The van der Waals surface area contributed by atoms with Crippen LogP contribution in [0, 0.1) is 0 Å². The molecule has 1 aliphatic heterocycles. The van der Waals surface area contributed by atoms with Crippen LogP contribution in [-0.4, -0.2) is 87.5 Å². The summed E-state index contributed by atoms with van der Waals surface area (Å²) in [7, 11) is 0. The fourth-order valence-corrected chi connectivity index (χ4v) is 5.57. The number of amides is 1. The molecule has 0 radical (unpaired) electrons. The van der Waals surface area contributed by atoms with E-state index in [9.17, 15) is 30.3 Å². The van der Waals surface area contributed by atoms with E-state index >= 15 is 0 Å². The van der Waals surface area contributed by atoms with Gasteiger partial charge in [0, 0.05) is 6.42 Å². The van der Waals surface area contributed by atoms with Gasteiger partial charge >= 0.3 is 0 Å². The summed E-state index contributed by atoms with van der Waals surface area (Å²) < 4.78 is 11.1. The third-order valence-electron chi connectivity index (χ3n) is 8.69. The van der Waals surface area contributed by atoms with E-state index in [0.717, 1.165) is 57.8 Å². The number of hydrogen-bond donors (Lipinski definition) is 6. The summed E-state index contributed by atoms with van der Waals surface area (Å²) in [5.41, 5.74) is 0. The van der Waals surface area contributed by atoms with Crippen LogP contribution < -0.4 is 5.32 Å². The van der Waals surface area contributed by atoms with Crippen molar-refractivity contribution in [3.8, 4) is 0 Å². The average Bonchev–Trinajstić information content (AvgIpc) is 3.07. The molecule has 1 amide bonds. The molecule has 1 heterocycles. The van der Waals surface area contributed by atoms with Crippen molar-refractivity contribution in [2.45, 2.75) is 185 Å². The summed E-state index contributed by atoms with van der Waals surface area (Å²) in [5.74, 6) is -0.201. The number of aliphatic hydroxyl groups is 5. The molecule has 274 valence electrons. The fraction of sp³-hybridized carbons (Fsp3) is 0.816. The van der Waals surface area contributed by atoms with E-state index in [1.165, 1.54) is 64.2 Å². The maximum Gasteiger partial charge on any atom is 0.220 e. The highest BCUT2D eigenvalue weighted by atomic mass is 16.7. The van der Waals surface area contributed by atoms with Gasteiger partial charge in [0.05, 0.1) is 25.4 Å². The molecule has 9 nitrogen and oxygen atoms in total. The SMILES string of the molecule is CCCCC/C=C/CC/C=C/[C@@H](O)[C@H](CO[C@H]1O[C@@H](CO)[C@H](O)C(O)C1O)NC(=O)CCCCCCC/C=C/CCCCCCCC. The molecule has 9 heteroatoms. The van der Waals surface area contributed by atoms with E-state index in [4.69, 9.17) is 9.47 Å². The third-order valence-corrected chi connectivity index (χ3v) is 8.69. The molecule has 1 saturated heterocycles. The molecule has 2 unspecified atom stereocenters. The highest BCUT2D eigenvalue weighted by molar-refractivity contribution is 5.76. The Morgan fingerprint density at radius 2 is 1.21 bits per heavy atom. The summed E-state index contributed by atoms with van der Waals surface area (Å²) in [4.78, 5) is 12.8. The van der Waals surface area contributed by atoms with Crippen LogP contribution in [0.15, 0.2) is 36.5 Å². The number of carbonyl (C=O) groups is 1. The summed E-state index contributed by atoms with van der Waals surface area (Å²) in [5, 5.41) is 53.7. The van der Waals surface area contributed by atoms with Crippen LogP contribution in [0.1, 0.15) is 142 Å². The highest BCUT2D eigenvalue weighted by Crippen LogP contribution is 2.22. The molecule has 47 heavy (non-hydrogen) atoms. The van der Waals surface area contributed by atoms with E-state index in [2.05, 4.69) is 43.5 Å². The lowest BCUT2D eigenvalue weighted by Gasteiger charge is -2.40. The number of hydrogen-bond acceptors (Lipinski definition) is 8. The summed E-state index contributed by atoms with van der Waals surface area (Å²) in [6.45, 7) is 3.66. The topological polar surface area (TPSA) is 149 Å². The van der Waals surface area contributed by atoms with E-state index in [1.807, 2.05) is 6.08 Å². The Morgan fingerprint density at radius 3 is 1.83 bits per heavy atom. The minimum atomic E-state index is -1.57. The second kappa shape index (κ2) is 29.3.